The molecule has 0 aromatic heterocycles. The van der Waals surface area contributed by atoms with Gasteiger partial charge in [0, 0.05) is 6.54 Å². The van der Waals surface area contributed by atoms with Crippen molar-refractivity contribution in [2.75, 3.05) is 17.2 Å². The van der Waals surface area contributed by atoms with Gasteiger partial charge in [-0.15, -0.1) is 0 Å². The van der Waals surface area contributed by atoms with Gasteiger partial charge in [0.1, 0.15) is 0 Å². The summed E-state index contributed by atoms with van der Waals surface area (Å²) in [5.41, 5.74) is 2.80. The molecule has 0 saturated carbocycles. The Labute approximate surface area is 103 Å². The lowest BCUT2D eigenvalue weighted by molar-refractivity contribution is -0.125. The standard InChI is InChI=1S/C14H20N2O/c1-4-14(5-2)9-15-11-7-6-10(3)8-12(11)16-13(14)17/h6-8,15H,4-5,9H2,1-3H3,(H,16,17). The average molecular weight is 232 g/mol. The molecule has 0 fully saturated rings. The molecule has 0 atom stereocenters. The molecule has 3 heteroatoms. The summed E-state index contributed by atoms with van der Waals surface area (Å²) in [6.07, 6.45) is 1.71. The van der Waals surface area contributed by atoms with Crippen LogP contribution >= 0.6 is 0 Å². The van der Waals surface area contributed by atoms with E-state index in [9.17, 15) is 4.79 Å². The van der Waals surface area contributed by atoms with Crippen molar-refractivity contribution in [3.05, 3.63) is 23.8 Å². The fourth-order valence-corrected chi connectivity index (χ4v) is 2.34. The van der Waals surface area contributed by atoms with Crippen molar-refractivity contribution in [3.63, 3.8) is 0 Å². The number of amides is 1. The first-order valence-electron chi connectivity index (χ1n) is 6.27. The second kappa shape index (κ2) is 4.40. The number of anilines is 2. The second-order valence-corrected chi connectivity index (χ2v) is 4.84. The molecular formula is C14H20N2O. The first kappa shape index (κ1) is 12.0. The van der Waals surface area contributed by atoms with Crippen LogP contribution in [0.2, 0.25) is 0 Å². The summed E-state index contributed by atoms with van der Waals surface area (Å²) in [6.45, 7) is 6.89. The first-order valence-corrected chi connectivity index (χ1v) is 6.27. The molecule has 1 aromatic carbocycles. The average Bonchev–Trinajstić information content (AvgIpc) is 2.45. The van der Waals surface area contributed by atoms with Crippen LogP contribution < -0.4 is 10.6 Å². The van der Waals surface area contributed by atoms with Crippen LogP contribution in [0.4, 0.5) is 11.4 Å². The van der Waals surface area contributed by atoms with Crippen molar-refractivity contribution in [1.82, 2.24) is 0 Å². The van der Waals surface area contributed by atoms with Gasteiger partial charge in [-0.05, 0) is 37.5 Å². The first-order chi connectivity index (χ1) is 8.11. The third-order valence-corrected chi connectivity index (χ3v) is 3.88. The summed E-state index contributed by atoms with van der Waals surface area (Å²) in [6, 6.07) is 6.11. The number of aryl methyl sites for hydroxylation is 1. The van der Waals surface area contributed by atoms with E-state index >= 15 is 0 Å². The quantitative estimate of drug-likeness (QED) is 0.822. The van der Waals surface area contributed by atoms with Gasteiger partial charge in [-0.3, -0.25) is 4.79 Å². The Morgan fingerprint density at radius 1 is 1.24 bits per heavy atom. The molecule has 92 valence electrons. The molecule has 1 heterocycles. The molecule has 0 spiro atoms. The fraction of sp³-hybridized carbons (Fsp3) is 0.500. The molecule has 0 radical (unpaired) electrons. The van der Waals surface area contributed by atoms with Crippen molar-refractivity contribution < 1.29 is 4.79 Å². The summed E-state index contributed by atoms with van der Waals surface area (Å²) in [7, 11) is 0. The number of carbonyl (C=O) groups excluding carboxylic acids is 1. The smallest absolute Gasteiger partial charge is 0.232 e. The van der Waals surface area contributed by atoms with Gasteiger partial charge in [0.2, 0.25) is 5.91 Å². The van der Waals surface area contributed by atoms with E-state index in [1.54, 1.807) is 0 Å². The van der Waals surface area contributed by atoms with Crippen LogP contribution in [-0.4, -0.2) is 12.5 Å². The molecular weight excluding hydrogens is 212 g/mol. The molecule has 17 heavy (non-hydrogen) atoms. The normalized spacial score (nSPS) is 17.7. The van der Waals surface area contributed by atoms with Gasteiger partial charge in [-0.25, -0.2) is 0 Å². The maximum Gasteiger partial charge on any atom is 0.232 e. The van der Waals surface area contributed by atoms with Crippen molar-refractivity contribution in [2.45, 2.75) is 33.6 Å². The predicted octanol–water partition coefficient (Wildman–Crippen LogP) is 3.17. The number of fused-ring (bicyclic) bond motifs is 1. The molecule has 1 aliphatic rings. The van der Waals surface area contributed by atoms with Gasteiger partial charge < -0.3 is 10.6 Å². The van der Waals surface area contributed by atoms with Crippen LogP contribution in [-0.2, 0) is 4.79 Å². The zero-order valence-corrected chi connectivity index (χ0v) is 10.8. The topological polar surface area (TPSA) is 41.1 Å². The molecule has 0 unspecified atom stereocenters. The molecule has 1 amide bonds. The number of nitrogens with one attached hydrogen (secondary N) is 2. The van der Waals surface area contributed by atoms with E-state index in [0.29, 0.717) is 6.54 Å². The molecule has 2 N–H and O–H groups in total. The summed E-state index contributed by atoms with van der Waals surface area (Å²) in [5.74, 6) is 0.138. The summed E-state index contributed by atoms with van der Waals surface area (Å²) in [4.78, 5) is 12.3. The van der Waals surface area contributed by atoms with Crippen LogP contribution in [0.3, 0.4) is 0 Å². The van der Waals surface area contributed by atoms with Crippen LogP contribution in [0, 0.1) is 12.3 Å². The van der Waals surface area contributed by atoms with Gasteiger partial charge in [-0.2, -0.15) is 0 Å². The van der Waals surface area contributed by atoms with Gasteiger partial charge in [0.15, 0.2) is 0 Å². The van der Waals surface area contributed by atoms with Crippen LogP contribution in [0.1, 0.15) is 32.3 Å². The number of hydrogen-bond acceptors (Lipinski definition) is 2. The predicted molar refractivity (Wildman–Crippen MR) is 71.3 cm³/mol. The minimum absolute atomic E-state index is 0.138. The summed E-state index contributed by atoms with van der Waals surface area (Å²) in [5, 5.41) is 6.45. The molecule has 3 nitrogen and oxygen atoms in total. The number of benzene rings is 1. The summed E-state index contributed by atoms with van der Waals surface area (Å²) >= 11 is 0. The van der Waals surface area contributed by atoms with Crippen LogP contribution in [0.15, 0.2) is 18.2 Å². The van der Waals surface area contributed by atoms with Gasteiger partial charge in [0.25, 0.3) is 0 Å². The SMILES string of the molecule is CCC1(CC)CNc2ccc(C)cc2NC1=O. The fourth-order valence-electron chi connectivity index (χ4n) is 2.34. The van der Waals surface area contributed by atoms with E-state index in [4.69, 9.17) is 0 Å². The Hall–Kier alpha value is -1.51. The van der Waals surface area contributed by atoms with Crippen molar-refractivity contribution in [3.8, 4) is 0 Å². The highest BCUT2D eigenvalue weighted by molar-refractivity contribution is 5.99. The highest BCUT2D eigenvalue weighted by atomic mass is 16.2. The van der Waals surface area contributed by atoms with E-state index in [-0.39, 0.29) is 11.3 Å². The largest absolute Gasteiger partial charge is 0.382 e. The van der Waals surface area contributed by atoms with Crippen LogP contribution in [0.25, 0.3) is 0 Å². The van der Waals surface area contributed by atoms with Crippen molar-refractivity contribution >= 4 is 17.3 Å². The van der Waals surface area contributed by atoms with E-state index in [0.717, 1.165) is 29.8 Å². The van der Waals surface area contributed by atoms with Gasteiger partial charge >= 0.3 is 0 Å². The Morgan fingerprint density at radius 3 is 2.59 bits per heavy atom. The number of carbonyl (C=O) groups is 1. The lowest BCUT2D eigenvalue weighted by Crippen LogP contribution is -2.39. The molecule has 0 saturated heterocycles. The van der Waals surface area contributed by atoms with E-state index < -0.39 is 0 Å². The van der Waals surface area contributed by atoms with Gasteiger partial charge in [0.05, 0.1) is 16.8 Å². The Bertz CT molecular complexity index is 436. The molecule has 2 rings (SSSR count). The zero-order chi connectivity index (χ0) is 12.5. The van der Waals surface area contributed by atoms with Crippen molar-refractivity contribution in [2.24, 2.45) is 5.41 Å². The lowest BCUT2D eigenvalue weighted by atomic mass is 9.81. The minimum Gasteiger partial charge on any atom is -0.382 e. The Kier molecular flexibility index (Phi) is 3.09. The molecule has 1 aliphatic heterocycles. The Balaban J connectivity index is 2.37. The highest BCUT2D eigenvalue weighted by Gasteiger charge is 2.36. The van der Waals surface area contributed by atoms with E-state index in [1.165, 1.54) is 0 Å². The zero-order valence-electron chi connectivity index (χ0n) is 10.8. The maximum absolute atomic E-state index is 12.3. The maximum atomic E-state index is 12.3. The molecule has 0 bridgehead atoms. The van der Waals surface area contributed by atoms with E-state index in [1.807, 2.05) is 19.1 Å². The lowest BCUT2D eigenvalue weighted by Gasteiger charge is -2.27. The van der Waals surface area contributed by atoms with Crippen molar-refractivity contribution in [1.29, 1.82) is 0 Å². The highest BCUT2D eigenvalue weighted by Crippen LogP contribution is 2.35. The molecule has 0 aliphatic carbocycles. The minimum atomic E-state index is -0.285. The second-order valence-electron chi connectivity index (χ2n) is 4.84. The number of hydrogen-bond donors (Lipinski definition) is 2. The Morgan fingerprint density at radius 2 is 1.94 bits per heavy atom. The van der Waals surface area contributed by atoms with E-state index in [2.05, 4.69) is 30.5 Å². The van der Waals surface area contributed by atoms with Crippen LogP contribution in [0.5, 0.6) is 0 Å². The van der Waals surface area contributed by atoms with Gasteiger partial charge in [-0.1, -0.05) is 19.9 Å². The molecule has 1 aromatic rings. The monoisotopic (exact) mass is 232 g/mol. The third kappa shape index (κ3) is 2.02. The third-order valence-electron chi connectivity index (χ3n) is 3.88. The summed E-state index contributed by atoms with van der Waals surface area (Å²) < 4.78 is 0. The number of rotatable bonds is 2.